The molecule has 0 aromatic rings. The summed E-state index contributed by atoms with van der Waals surface area (Å²) in [7, 11) is 0. The molecule has 0 aromatic heterocycles. The van der Waals surface area contributed by atoms with E-state index in [1.165, 1.54) is 0 Å². The minimum Gasteiger partial charge on any atom is -0.812 e. The minimum absolute atomic E-state index is 0. The maximum atomic E-state index is 9.85. The first-order valence-electron chi connectivity index (χ1n) is 1.73. The molecular weight excluding hydrogens is 181 g/mol. The van der Waals surface area contributed by atoms with Crippen molar-refractivity contribution in [1.82, 2.24) is 0 Å². The van der Waals surface area contributed by atoms with Gasteiger partial charge in [-0.1, -0.05) is 6.72 Å². The van der Waals surface area contributed by atoms with Crippen LogP contribution >= 0.6 is 6.72 Å². The van der Waals surface area contributed by atoms with Crippen molar-refractivity contribution in [1.29, 1.82) is 0 Å². The predicted octanol–water partition coefficient (Wildman–Crippen LogP) is -7.02. The van der Waals surface area contributed by atoms with Crippen LogP contribution in [0.1, 0.15) is 6.92 Å². The Bertz CT molecular complexity index is 93.8. The molecule has 0 fully saturated rings. The molecule has 0 unspecified atom stereocenters. The van der Waals surface area contributed by atoms with Crippen LogP contribution in [0.2, 0.25) is 0 Å². The van der Waals surface area contributed by atoms with Gasteiger partial charge in [0, 0.05) is 6.61 Å². The average Bonchev–Trinajstić information content (AvgIpc) is 1.30. The Labute approximate surface area is 104 Å². The van der Waals surface area contributed by atoms with Gasteiger partial charge < -0.3 is 14.3 Å². The van der Waals surface area contributed by atoms with E-state index in [1.54, 1.807) is 6.92 Å². The molecular formula is C2H5Na2O3PS. The minimum atomic E-state index is -3.83. The van der Waals surface area contributed by atoms with Crippen LogP contribution in [0.15, 0.2) is 0 Å². The molecule has 0 aliphatic heterocycles. The van der Waals surface area contributed by atoms with E-state index in [0.29, 0.717) is 0 Å². The van der Waals surface area contributed by atoms with Crippen molar-refractivity contribution >= 4 is 18.5 Å². The molecule has 9 heavy (non-hydrogen) atoms. The van der Waals surface area contributed by atoms with Crippen LogP contribution in [-0.4, -0.2) is 6.61 Å². The van der Waals surface area contributed by atoms with Gasteiger partial charge in [-0.05, 0) is 6.92 Å². The molecule has 0 aliphatic rings. The fourth-order valence-corrected chi connectivity index (χ4v) is 0.791. The first-order chi connectivity index (χ1) is 3.06. The molecule has 7 heteroatoms. The van der Waals surface area contributed by atoms with Crippen LogP contribution in [0, 0.1) is 0 Å². The van der Waals surface area contributed by atoms with E-state index in [1.807, 2.05) is 0 Å². The van der Waals surface area contributed by atoms with Crippen LogP contribution in [0.3, 0.4) is 0 Å². The van der Waals surface area contributed by atoms with Crippen molar-refractivity contribution in [3.63, 3.8) is 0 Å². The maximum Gasteiger partial charge on any atom is 1.00 e. The Balaban J connectivity index is -0.000000180. The third-order valence-electron chi connectivity index (χ3n) is 0.287. The molecule has 0 saturated carbocycles. The second-order valence-corrected chi connectivity index (χ2v) is 3.36. The largest absolute Gasteiger partial charge is 1.00 e. The Morgan fingerprint density at radius 1 is 1.44 bits per heavy atom. The normalized spacial score (nSPS) is 9.22. The maximum absolute atomic E-state index is 9.85. The summed E-state index contributed by atoms with van der Waals surface area (Å²) in [6.07, 6.45) is 0. The van der Waals surface area contributed by atoms with Gasteiger partial charge in [-0.3, -0.25) is 0 Å². The third-order valence-corrected chi connectivity index (χ3v) is 1.18. The van der Waals surface area contributed by atoms with Gasteiger partial charge >= 0.3 is 59.1 Å². The van der Waals surface area contributed by atoms with Crippen molar-refractivity contribution in [2.75, 3.05) is 6.61 Å². The fraction of sp³-hybridized carbons (Fsp3) is 1.00. The van der Waals surface area contributed by atoms with E-state index < -0.39 is 6.72 Å². The summed E-state index contributed by atoms with van der Waals surface area (Å²) in [4.78, 5) is 19.7. The van der Waals surface area contributed by atoms with E-state index >= 15 is 0 Å². The van der Waals surface area contributed by atoms with Crippen LogP contribution < -0.4 is 68.9 Å². The van der Waals surface area contributed by atoms with Crippen molar-refractivity contribution in [3.05, 3.63) is 0 Å². The van der Waals surface area contributed by atoms with Crippen molar-refractivity contribution in [2.45, 2.75) is 6.92 Å². The first-order valence-corrected chi connectivity index (χ1v) is 4.28. The molecule has 0 aliphatic carbocycles. The van der Waals surface area contributed by atoms with Gasteiger partial charge in [0.05, 0.1) is 0 Å². The fourth-order valence-electron chi connectivity index (χ4n) is 0.158. The zero-order valence-electron chi connectivity index (χ0n) is 5.79. The smallest absolute Gasteiger partial charge is 0.812 e. The number of rotatable bonds is 2. The summed E-state index contributed by atoms with van der Waals surface area (Å²) in [5, 5.41) is 0. The second kappa shape index (κ2) is 8.62. The SMILES string of the molecule is CCOP([O-])([O-])=S.[Na+].[Na+]. The first kappa shape index (κ1) is 17.6. The van der Waals surface area contributed by atoms with Gasteiger partial charge in [-0.25, -0.2) is 0 Å². The van der Waals surface area contributed by atoms with Gasteiger partial charge in [-0.15, -0.1) is 11.8 Å². The monoisotopic (exact) mass is 186 g/mol. The summed E-state index contributed by atoms with van der Waals surface area (Å²) in [5.74, 6) is 0. The molecule has 0 radical (unpaired) electrons. The summed E-state index contributed by atoms with van der Waals surface area (Å²) in [6.45, 7) is -2.14. The van der Waals surface area contributed by atoms with E-state index in [4.69, 9.17) is 0 Å². The second-order valence-electron chi connectivity index (χ2n) is 0.865. The summed E-state index contributed by atoms with van der Waals surface area (Å²) >= 11 is 3.86. The zero-order chi connectivity index (χ0) is 5.91. The Morgan fingerprint density at radius 3 is 1.78 bits per heavy atom. The molecule has 0 bridgehead atoms. The molecule has 0 rings (SSSR count). The number of hydrogen-bond acceptors (Lipinski definition) is 4. The van der Waals surface area contributed by atoms with Crippen LogP contribution in [0.4, 0.5) is 0 Å². The van der Waals surface area contributed by atoms with Gasteiger partial charge in [0.1, 0.15) is 0 Å². The van der Waals surface area contributed by atoms with Crippen molar-refractivity contribution < 1.29 is 73.4 Å². The summed E-state index contributed by atoms with van der Waals surface area (Å²) in [5.41, 5.74) is 0. The molecule has 0 heterocycles. The molecule has 0 atom stereocenters. The van der Waals surface area contributed by atoms with Crippen LogP contribution in [-0.2, 0) is 16.3 Å². The zero-order valence-corrected chi connectivity index (χ0v) is 11.5. The standard InChI is InChI=1S/C2H7O3PS.2Na/c1-2-5-6(3,4)7;;/h2H2,1H3,(H2,3,4,7);;/q;2*+1/p-2. The number of hydrogen-bond donors (Lipinski definition) is 0. The van der Waals surface area contributed by atoms with Gasteiger partial charge in [0.15, 0.2) is 0 Å². The Kier molecular flexibility index (Phi) is 16.8. The average molecular weight is 186 g/mol. The molecule has 44 valence electrons. The molecule has 0 amide bonds. The van der Waals surface area contributed by atoms with Gasteiger partial charge in [0.2, 0.25) is 0 Å². The molecule has 0 spiro atoms. The van der Waals surface area contributed by atoms with Crippen molar-refractivity contribution in [3.8, 4) is 0 Å². The molecule has 0 N–H and O–H groups in total. The predicted molar refractivity (Wildman–Crippen MR) is 25.9 cm³/mol. The topological polar surface area (TPSA) is 55.3 Å². The van der Waals surface area contributed by atoms with Crippen molar-refractivity contribution in [2.24, 2.45) is 0 Å². The molecule has 0 aromatic carbocycles. The van der Waals surface area contributed by atoms with Crippen LogP contribution in [0.25, 0.3) is 0 Å². The quantitative estimate of drug-likeness (QED) is 0.317. The summed E-state index contributed by atoms with van der Waals surface area (Å²) < 4.78 is 4.04. The van der Waals surface area contributed by atoms with E-state index in [2.05, 4.69) is 16.3 Å². The van der Waals surface area contributed by atoms with Crippen LogP contribution in [0.5, 0.6) is 0 Å². The van der Waals surface area contributed by atoms with Gasteiger partial charge in [0.25, 0.3) is 0 Å². The third kappa shape index (κ3) is 18.0. The Hall–Kier alpha value is 2.53. The Morgan fingerprint density at radius 2 is 1.78 bits per heavy atom. The van der Waals surface area contributed by atoms with E-state index in [9.17, 15) is 9.79 Å². The molecule has 0 saturated heterocycles. The van der Waals surface area contributed by atoms with E-state index in [-0.39, 0.29) is 65.7 Å². The van der Waals surface area contributed by atoms with Gasteiger partial charge in [-0.2, -0.15) is 0 Å². The van der Waals surface area contributed by atoms with E-state index in [0.717, 1.165) is 0 Å². The molecule has 3 nitrogen and oxygen atoms in total. The summed E-state index contributed by atoms with van der Waals surface area (Å²) in [6, 6.07) is 0.